The molecule has 0 unspecified atom stereocenters. The number of halogens is 1. The van der Waals surface area contributed by atoms with Crippen LogP contribution in [0.3, 0.4) is 0 Å². The first-order valence-corrected chi connectivity index (χ1v) is 18.1. The van der Waals surface area contributed by atoms with Crippen molar-refractivity contribution >= 4 is 13.9 Å². The van der Waals surface area contributed by atoms with Crippen molar-refractivity contribution in [1.82, 2.24) is 15.2 Å². The van der Waals surface area contributed by atoms with Gasteiger partial charge in [-0.05, 0) is 56.5 Å². The number of piperidine rings is 1. The van der Waals surface area contributed by atoms with Gasteiger partial charge in [0.25, 0.3) is 0 Å². The van der Waals surface area contributed by atoms with Crippen LogP contribution in [-0.4, -0.2) is 49.7 Å². The third kappa shape index (κ3) is 7.53. The Hall–Kier alpha value is -2.68. The van der Waals surface area contributed by atoms with Crippen LogP contribution in [0.15, 0.2) is 48.7 Å². The minimum absolute atomic E-state index is 0.233. The lowest BCUT2D eigenvalue weighted by atomic mass is 9.88. The van der Waals surface area contributed by atoms with Crippen LogP contribution in [0.4, 0.5) is 10.2 Å². The van der Waals surface area contributed by atoms with Gasteiger partial charge in [-0.1, -0.05) is 56.0 Å². The van der Waals surface area contributed by atoms with Crippen molar-refractivity contribution in [2.75, 3.05) is 31.4 Å². The number of anilines is 1. The third-order valence-corrected chi connectivity index (χ3v) is 9.79. The Morgan fingerprint density at radius 3 is 2.30 bits per heavy atom. The van der Waals surface area contributed by atoms with Gasteiger partial charge in [0.2, 0.25) is 0 Å². The maximum absolute atomic E-state index is 16.1. The zero-order valence-corrected chi connectivity index (χ0v) is 26.3. The summed E-state index contributed by atoms with van der Waals surface area (Å²) in [4.78, 5) is 6.72. The van der Waals surface area contributed by atoms with E-state index in [1.807, 2.05) is 44.2 Å². The largest absolute Gasteiger partial charge is 0.356 e. The number of rotatable bonds is 11. The first-order valence-electron chi connectivity index (χ1n) is 14.4. The normalized spacial score (nSPS) is 15.8. The number of hydrogen-bond acceptors (Lipinski definition) is 6. The molecule has 1 fully saturated rings. The van der Waals surface area contributed by atoms with Crippen molar-refractivity contribution in [3.63, 3.8) is 0 Å². The second-order valence-electron chi connectivity index (χ2n) is 12.8. The number of pyridine rings is 1. The number of nitrogens with zero attached hydrogens (tertiary/aromatic N) is 4. The highest BCUT2D eigenvalue weighted by Crippen LogP contribution is 2.38. The van der Waals surface area contributed by atoms with Crippen LogP contribution in [0.2, 0.25) is 25.7 Å². The highest BCUT2D eigenvalue weighted by atomic mass is 28.3. The van der Waals surface area contributed by atoms with Crippen molar-refractivity contribution in [3.05, 3.63) is 82.3 Å². The van der Waals surface area contributed by atoms with E-state index in [1.165, 1.54) is 5.56 Å². The number of benzene rings is 1. The Bertz CT molecular complexity index is 1250. The van der Waals surface area contributed by atoms with Crippen LogP contribution >= 0.6 is 0 Å². The van der Waals surface area contributed by atoms with E-state index in [9.17, 15) is 0 Å². The van der Waals surface area contributed by atoms with Gasteiger partial charge in [-0.2, -0.15) is 5.10 Å². The summed E-state index contributed by atoms with van der Waals surface area (Å²) in [5, 5.41) is 9.14. The molecule has 8 heteroatoms. The molecule has 3 aromatic rings. The SMILES string of the molecule is Cc1c(Cc2ccccc2)nnc(N2CCC(F)(c3ccc(C(C)(C)OCOCC[Si](C)(C)C)cn3)CC2)c1C. The lowest BCUT2D eigenvalue weighted by Gasteiger charge is -2.37. The van der Waals surface area contributed by atoms with Gasteiger partial charge in [0.05, 0.1) is 17.0 Å². The fourth-order valence-electron chi connectivity index (χ4n) is 4.95. The molecule has 0 N–H and O–H groups in total. The zero-order chi connectivity index (χ0) is 29.0. The Kier molecular flexibility index (Phi) is 9.43. The lowest BCUT2D eigenvalue weighted by molar-refractivity contribution is -0.129. The smallest absolute Gasteiger partial charge is 0.156 e. The minimum Gasteiger partial charge on any atom is -0.356 e. The summed E-state index contributed by atoms with van der Waals surface area (Å²) < 4.78 is 27.8. The van der Waals surface area contributed by atoms with E-state index < -0.39 is 19.3 Å². The molecule has 0 atom stereocenters. The average Bonchev–Trinajstić information content (AvgIpc) is 2.92. The van der Waals surface area contributed by atoms with Gasteiger partial charge < -0.3 is 14.4 Å². The van der Waals surface area contributed by atoms with Crippen molar-refractivity contribution in [1.29, 1.82) is 0 Å². The molecule has 0 bridgehead atoms. The second-order valence-corrected chi connectivity index (χ2v) is 18.4. The van der Waals surface area contributed by atoms with Crippen molar-refractivity contribution < 1.29 is 13.9 Å². The highest BCUT2D eigenvalue weighted by molar-refractivity contribution is 6.76. The Morgan fingerprint density at radius 2 is 1.68 bits per heavy atom. The summed E-state index contributed by atoms with van der Waals surface area (Å²) in [6.45, 7) is 17.2. The number of aromatic nitrogens is 3. The molecule has 6 nitrogen and oxygen atoms in total. The molecule has 1 saturated heterocycles. The van der Waals surface area contributed by atoms with Crippen LogP contribution in [0.25, 0.3) is 0 Å². The fraction of sp³-hybridized carbons (Fsp3) is 0.531. The van der Waals surface area contributed by atoms with E-state index in [1.54, 1.807) is 6.20 Å². The predicted molar refractivity (Wildman–Crippen MR) is 162 cm³/mol. The summed E-state index contributed by atoms with van der Waals surface area (Å²) in [5.74, 6) is 0.852. The van der Waals surface area contributed by atoms with Crippen molar-refractivity contribution in [2.24, 2.45) is 0 Å². The molecule has 2 aromatic heterocycles. The topological polar surface area (TPSA) is 60.4 Å². The summed E-state index contributed by atoms with van der Waals surface area (Å²) in [5.41, 5.74) is 3.81. The molecule has 0 amide bonds. The maximum atomic E-state index is 16.1. The molecule has 216 valence electrons. The van der Waals surface area contributed by atoms with Crippen molar-refractivity contribution in [2.45, 2.75) is 83.9 Å². The first kappa shape index (κ1) is 30.3. The molecule has 0 saturated carbocycles. The monoisotopic (exact) mass is 564 g/mol. The molecule has 1 aromatic carbocycles. The van der Waals surface area contributed by atoms with Gasteiger partial charge in [0.1, 0.15) is 6.79 Å². The predicted octanol–water partition coefficient (Wildman–Crippen LogP) is 7.11. The van der Waals surface area contributed by atoms with E-state index in [0.717, 1.165) is 40.7 Å². The van der Waals surface area contributed by atoms with Crippen LogP contribution in [0, 0.1) is 13.8 Å². The first-order chi connectivity index (χ1) is 18.9. The van der Waals surface area contributed by atoms with Gasteiger partial charge in [0, 0.05) is 58.8 Å². The quantitative estimate of drug-likeness (QED) is 0.141. The maximum Gasteiger partial charge on any atom is 0.156 e. The Labute approximate surface area is 240 Å². The fourth-order valence-corrected chi connectivity index (χ4v) is 5.71. The summed E-state index contributed by atoms with van der Waals surface area (Å²) in [6.07, 6.45) is 3.21. The van der Waals surface area contributed by atoms with Gasteiger partial charge >= 0.3 is 0 Å². The molecule has 0 radical (unpaired) electrons. The van der Waals surface area contributed by atoms with E-state index in [0.29, 0.717) is 38.2 Å². The molecular weight excluding hydrogens is 519 g/mol. The molecule has 4 rings (SSSR count). The van der Waals surface area contributed by atoms with Crippen LogP contribution in [0.5, 0.6) is 0 Å². The van der Waals surface area contributed by atoms with Gasteiger partial charge in [-0.3, -0.25) is 4.98 Å². The van der Waals surface area contributed by atoms with Gasteiger partial charge in [-0.25, -0.2) is 4.39 Å². The molecule has 0 aliphatic carbocycles. The summed E-state index contributed by atoms with van der Waals surface area (Å²) in [6, 6.07) is 15.2. The van der Waals surface area contributed by atoms with E-state index in [4.69, 9.17) is 9.47 Å². The molecule has 3 heterocycles. The Morgan fingerprint density at radius 1 is 0.975 bits per heavy atom. The molecule has 1 aliphatic rings. The second kappa shape index (κ2) is 12.5. The van der Waals surface area contributed by atoms with Crippen LogP contribution in [0.1, 0.15) is 60.3 Å². The summed E-state index contributed by atoms with van der Waals surface area (Å²) in [7, 11) is -1.13. The van der Waals surface area contributed by atoms with Gasteiger partial charge in [0.15, 0.2) is 11.5 Å². The molecule has 1 aliphatic heterocycles. The minimum atomic E-state index is -1.47. The lowest BCUT2D eigenvalue weighted by Crippen LogP contribution is -2.41. The average molecular weight is 565 g/mol. The van der Waals surface area contributed by atoms with E-state index in [-0.39, 0.29) is 6.79 Å². The van der Waals surface area contributed by atoms with Crippen LogP contribution in [-0.2, 0) is 27.2 Å². The third-order valence-electron chi connectivity index (χ3n) is 8.08. The Balaban J connectivity index is 1.35. The van der Waals surface area contributed by atoms with E-state index >= 15 is 4.39 Å². The van der Waals surface area contributed by atoms with Crippen molar-refractivity contribution in [3.8, 4) is 0 Å². The molecule has 40 heavy (non-hydrogen) atoms. The molecular formula is C32H45FN4O2Si. The standard InChI is InChI=1S/C32H45FN4O2Si/c1-24-25(2)30(36-35-28(24)21-26-11-9-8-10-12-26)37-17-15-32(33,16-18-37)29-14-13-27(22-34-29)31(3,4)39-23-38-19-20-40(5,6)7/h8-14,22H,15-21,23H2,1-7H3. The number of hydrogen-bond donors (Lipinski definition) is 0. The van der Waals surface area contributed by atoms with Crippen LogP contribution < -0.4 is 4.90 Å². The zero-order valence-electron chi connectivity index (χ0n) is 25.3. The number of ether oxygens (including phenoxy) is 2. The highest BCUT2D eigenvalue weighted by Gasteiger charge is 2.39. The number of alkyl halides is 1. The van der Waals surface area contributed by atoms with Gasteiger partial charge in [-0.15, -0.1) is 5.10 Å². The molecule has 0 spiro atoms. The van der Waals surface area contributed by atoms with E-state index in [2.05, 4.69) is 65.7 Å². The summed E-state index contributed by atoms with van der Waals surface area (Å²) >= 11 is 0.